The largest absolute Gasteiger partial charge is 0.343 e. The maximum Gasteiger partial charge on any atom is 0.251 e. The number of carbonyl (C=O) groups excluding carboxylic acids is 2. The summed E-state index contributed by atoms with van der Waals surface area (Å²) in [5.41, 5.74) is 0.532. The van der Waals surface area contributed by atoms with Crippen LogP contribution >= 0.6 is 15.9 Å². The third-order valence-corrected chi connectivity index (χ3v) is 5.18. The normalized spacial score (nSPS) is 15.1. The van der Waals surface area contributed by atoms with Crippen LogP contribution in [0.15, 0.2) is 35.1 Å². The fourth-order valence-electron chi connectivity index (χ4n) is 3.21. The Balaban J connectivity index is 1.49. The molecule has 2 heterocycles. The van der Waals surface area contributed by atoms with E-state index < -0.39 is 0 Å². The zero-order valence-corrected chi connectivity index (χ0v) is 16.3. The van der Waals surface area contributed by atoms with Crippen molar-refractivity contribution in [3.63, 3.8) is 0 Å². The number of nitrogens with one attached hydrogen (secondary N) is 1. The van der Waals surface area contributed by atoms with Gasteiger partial charge < -0.3 is 14.8 Å². The molecule has 1 N–H and O–H groups in total. The fourth-order valence-corrected chi connectivity index (χ4v) is 3.61. The number of likely N-dealkylation sites (tertiary alicyclic amines) is 1. The molecule has 1 saturated heterocycles. The van der Waals surface area contributed by atoms with Crippen LogP contribution in [0.3, 0.4) is 0 Å². The van der Waals surface area contributed by atoms with Crippen molar-refractivity contribution in [3.8, 4) is 0 Å². The first-order valence-corrected chi connectivity index (χ1v) is 9.57. The first-order valence-electron chi connectivity index (χ1n) is 8.77. The maximum absolute atomic E-state index is 12.4. The van der Waals surface area contributed by atoms with Crippen LogP contribution in [0.4, 0.5) is 0 Å². The summed E-state index contributed by atoms with van der Waals surface area (Å²) in [4.78, 5) is 26.3. The van der Waals surface area contributed by atoms with Gasteiger partial charge in [-0.3, -0.25) is 9.59 Å². The van der Waals surface area contributed by atoms with Crippen molar-refractivity contribution in [2.75, 3.05) is 19.6 Å². The Labute approximate surface area is 160 Å². The van der Waals surface area contributed by atoms with Gasteiger partial charge in [0.05, 0.1) is 6.54 Å². The van der Waals surface area contributed by atoms with E-state index in [1.807, 2.05) is 11.0 Å². The smallest absolute Gasteiger partial charge is 0.251 e. The summed E-state index contributed by atoms with van der Waals surface area (Å²) in [6.45, 7) is 4.28. The molecule has 1 aromatic heterocycles. The molecule has 1 aliphatic heterocycles. The average Bonchev–Trinajstić information content (AvgIpc) is 3.14. The van der Waals surface area contributed by atoms with Gasteiger partial charge in [-0.25, -0.2) is 0 Å². The number of benzene rings is 1. The number of hydrogen-bond donors (Lipinski definition) is 1. The molecule has 3 rings (SSSR count). The Morgan fingerprint density at radius 1 is 1.31 bits per heavy atom. The number of amides is 2. The van der Waals surface area contributed by atoms with Crippen LogP contribution in [0.2, 0.25) is 0 Å². The van der Waals surface area contributed by atoms with Crippen LogP contribution in [0.1, 0.15) is 41.9 Å². The summed E-state index contributed by atoms with van der Waals surface area (Å²) < 4.78 is 2.89. The monoisotopic (exact) mass is 419 g/mol. The highest BCUT2D eigenvalue weighted by Crippen LogP contribution is 2.26. The minimum absolute atomic E-state index is 0.0150. The highest BCUT2D eigenvalue weighted by molar-refractivity contribution is 9.10. The lowest BCUT2D eigenvalue weighted by molar-refractivity contribution is -0.131. The van der Waals surface area contributed by atoms with E-state index in [1.54, 1.807) is 24.5 Å². The van der Waals surface area contributed by atoms with Gasteiger partial charge in [-0.05, 0) is 38.0 Å². The van der Waals surface area contributed by atoms with Gasteiger partial charge >= 0.3 is 0 Å². The summed E-state index contributed by atoms with van der Waals surface area (Å²) in [6, 6.07) is 7.10. The Morgan fingerprint density at radius 2 is 2.08 bits per heavy atom. The van der Waals surface area contributed by atoms with Gasteiger partial charge in [0.25, 0.3) is 5.91 Å². The number of carbonyl (C=O) groups is 2. The summed E-state index contributed by atoms with van der Waals surface area (Å²) in [6.07, 6.45) is 3.48. The highest BCUT2D eigenvalue weighted by atomic mass is 79.9. The number of hydrogen-bond acceptors (Lipinski definition) is 4. The number of piperidine rings is 1. The minimum atomic E-state index is -0.245. The molecule has 1 aromatic carbocycles. The molecule has 0 bridgehead atoms. The molecule has 7 nitrogen and oxygen atoms in total. The SMILES string of the molecule is CCn1cnnc1C1CCN(C(=O)CNC(=O)c2cccc(Br)c2)CC1. The number of aryl methyl sites for hydroxylation is 1. The quantitative estimate of drug-likeness (QED) is 0.805. The molecule has 1 aliphatic rings. The predicted molar refractivity (Wildman–Crippen MR) is 101 cm³/mol. The molecule has 0 aliphatic carbocycles. The van der Waals surface area contributed by atoms with E-state index in [1.165, 1.54) is 0 Å². The molecule has 0 radical (unpaired) electrons. The first-order chi connectivity index (χ1) is 12.6. The van der Waals surface area contributed by atoms with Crippen LogP contribution in [0.5, 0.6) is 0 Å². The minimum Gasteiger partial charge on any atom is -0.343 e. The number of rotatable bonds is 5. The second-order valence-electron chi connectivity index (χ2n) is 6.32. The highest BCUT2D eigenvalue weighted by Gasteiger charge is 2.26. The number of halogens is 1. The first kappa shape index (κ1) is 18.6. The summed E-state index contributed by atoms with van der Waals surface area (Å²) in [7, 11) is 0. The molecule has 26 heavy (non-hydrogen) atoms. The second kappa shape index (κ2) is 8.44. The summed E-state index contributed by atoms with van der Waals surface area (Å²) >= 11 is 3.34. The molecule has 138 valence electrons. The van der Waals surface area contributed by atoms with Gasteiger partial charge in [-0.1, -0.05) is 22.0 Å². The van der Waals surface area contributed by atoms with Gasteiger partial charge in [-0.2, -0.15) is 0 Å². The van der Waals surface area contributed by atoms with Crippen LogP contribution in [0.25, 0.3) is 0 Å². The summed E-state index contributed by atoms with van der Waals surface area (Å²) in [5, 5.41) is 10.9. The van der Waals surface area contributed by atoms with Gasteiger partial charge in [0.15, 0.2) is 0 Å². The van der Waals surface area contributed by atoms with E-state index in [0.717, 1.165) is 29.7 Å². The van der Waals surface area contributed by atoms with Crippen molar-refractivity contribution in [1.29, 1.82) is 0 Å². The Bertz CT molecular complexity index is 783. The predicted octanol–water partition coefficient (Wildman–Crippen LogP) is 2.20. The molecule has 1 fully saturated rings. The molecule has 2 amide bonds. The van der Waals surface area contributed by atoms with Crippen molar-refractivity contribution < 1.29 is 9.59 Å². The molecular formula is C18H22BrN5O2. The zero-order chi connectivity index (χ0) is 18.5. The van der Waals surface area contributed by atoms with E-state index in [2.05, 4.69) is 42.9 Å². The zero-order valence-electron chi connectivity index (χ0n) is 14.7. The van der Waals surface area contributed by atoms with E-state index in [-0.39, 0.29) is 18.4 Å². The lowest BCUT2D eigenvalue weighted by Gasteiger charge is -2.31. The molecule has 0 atom stereocenters. The van der Waals surface area contributed by atoms with Crippen LogP contribution in [0, 0.1) is 0 Å². The molecular weight excluding hydrogens is 398 g/mol. The number of aromatic nitrogens is 3. The lowest BCUT2D eigenvalue weighted by Crippen LogP contribution is -2.44. The van der Waals surface area contributed by atoms with Crippen molar-refractivity contribution in [2.24, 2.45) is 0 Å². The average molecular weight is 420 g/mol. The van der Waals surface area contributed by atoms with Crippen LogP contribution < -0.4 is 5.32 Å². The van der Waals surface area contributed by atoms with Gasteiger partial charge in [0, 0.05) is 35.6 Å². The fraction of sp³-hybridized carbons (Fsp3) is 0.444. The Hall–Kier alpha value is -2.22. The maximum atomic E-state index is 12.4. The molecule has 0 unspecified atom stereocenters. The Kier molecular flexibility index (Phi) is 6.03. The van der Waals surface area contributed by atoms with Crippen LogP contribution in [-0.4, -0.2) is 51.1 Å². The van der Waals surface area contributed by atoms with Gasteiger partial charge in [0.2, 0.25) is 5.91 Å². The van der Waals surface area contributed by atoms with E-state index in [9.17, 15) is 9.59 Å². The van der Waals surface area contributed by atoms with E-state index in [4.69, 9.17) is 0 Å². The van der Waals surface area contributed by atoms with E-state index >= 15 is 0 Å². The Morgan fingerprint density at radius 3 is 2.77 bits per heavy atom. The van der Waals surface area contributed by atoms with Gasteiger partial charge in [0.1, 0.15) is 12.2 Å². The van der Waals surface area contributed by atoms with Crippen molar-refractivity contribution >= 4 is 27.7 Å². The molecule has 0 saturated carbocycles. The molecule has 0 spiro atoms. The topological polar surface area (TPSA) is 80.1 Å². The number of nitrogens with zero attached hydrogens (tertiary/aromatic N) is 4. The van der Waals surface area contributed by atoms with Crippen LogP contribution in [-0.2, 0) is 11.3 Å². The standard InChI is InChI=1S/C18H22BrN5O2/c1-2-23-12-21-22-17(23)13-6-8-24(9-7-13)16(25)11-20-18(26)14-4-3-5-15(19)10-14/h3-5,10,12-13H,2,6-9,11H2,1H3,(H,20,26). The van der Waals surface area contributed by atoms with Gasteiger partial charge in [-0.15, -0.1) is 10.2 Å². The third kappa shape index (κ3) is 4.30. The van der Waals surface area contributed by atoms with Crippen molar-refractivity contribution in [1.82, 2.24) is 25.0 Å². The lowest BCUT2D eigenvalue weighted by atomic mass is 9.96. The molecule has 2 aromatic rings. The second-order valence-corrected chi connectivity index (χ2v) is 7.24. The van der Waals surface area contributed by atoms with Crippen molar-refractivity contribution in [2.45, 2.75) is 32.2 Å². The third-order valence-electron chi connectivity index (χ3n) is 4.69. The summed E-state index contributed by atoms with van der Waals surface area (Å²) in [5.74, 6) is 1.04. The van der Waals surface area contributed by atoms with E-state index in [0.29, 0.717) is 24.6 Å². The molecule has 8 heteroatoms. The van der Waals surface area contributed by atoms with Crippen molar-refractivity contribution in [3.05, 3.63) is 46.5 Å².